The van der Waals surface area contributed by atoms with Gasteiger partial charge in [0.1, 0.15) is 5.75 Å². The number of carbonyl (C=O) groups is 1. The SMILES string of the molecule is CN=C(NCCC(=O)NC(C)C)NCc1ccc(C)cc1OCC(F)(F)F. The summed E-state index contributed by atoms with van der Waals surface area (Å²) in [4.78, 5) is 15.6. The van der Waals surface area contributed by atoms with Gasteiger partial charge in [0.2, 0.25) is 5.91 Å². The number of aryl methyl sites for hydroxylation is 1. The fraction of sp³-hybridized carbons (Fsp3) is 0.556. The highest BCUT2D eigenvalue weighted by atomic mass is 19.4. The lowest BCUT2D eigenvalue weighted by Gasteiger charge is -2.16. The van der Waals surface area contributed by atoms with E-state index in [1.54, 1.807) is 32.2 Å². The molecule has 0 fully saturated rings. The van der Waals surface area contributed by atoms with Gasteiger partial charge in [-0.3, -0.25) is 9.79 Å². The first-order valence-corrected chi connectivity index (χ1v) is 8.63. The van der Waals surface area contributed by atoms with Crippen LogP contribution < -0.4 is 20.7 Å². The van der Waals surface area contributed by atoms with Crippen molar-refractivity contribution < 1.29 is 22.7 Å². The van der Waals surface area contributed by atoms with Crippen molar-refractivity contribution >= 4 is 11.9 Å². The van der Waals surface area contributed by atoms with Gasteiger partial charge in [-0.25, -0.2) is 0 Å². The Labute approximate surface area is 157 Å². The van der Waals surface area contributed by atoms with Crippen molar-refractivity contribution in [1.29, 1.82) is 0 Å². The molecule has 0 spiro atoms. The van der Waals surface area contributed by atoms with E-state index in [4.69, 9.17) is 4.74 Å². The van der Waals surface area contributed by atoms with Crippen molar-refractivity contribution in [3.05, 3.63) is 29.3 Å². The number of hydrogen-bond donors (Lipinski definition) is 3. The predicted molar refractivity (Wildman–Crippen MR) is 98.8 cm³/mol. The highest BCUT2D eigenvalue weighted by Gasteiger charge is 2.28. The molecule has 6 nitrogen and oxygen atoms in total. The van der Waals surface area contributed by atoms with Gasteiger partial charge in [0, 0.05) is 38.2 Å². The Morgan fingerprint density at radius 2 is 1.96 bits per heavy atom. The number of carbonyl (C=O) groups excluding carboxylic acids is 1. The van der Waals surface area contributed by atoms with E-state index >= 15 is 0 Å². The Kier molecular flexibility index (Phi) is 8.90. The smallest absolute Gasteiger partial charge is 0.422 e. The molecule has 9 heteroatoms. The van der Waals surface area contributed by atoms with Crippen LogP contribution in [0.4, 0.5) is 13.2 Å². The van der Waals surface area contributed by atoms with E-state index in [9.17, 15) is 18.0 Å². The summed E-state index contributed by atoms with van der Waals surface area (Å²) in [6.45, 7) is 4.80. The fourth-order valence-electron chi connectivity index (χ4n) is 2.19. The minimum absolute atomic E-state index is 0.0747. The molecule has 1 rings (SSSR count). The molecule has 0 unspecified atom stereocenters. The third kappa shape index (κ3) is 9.72. The standard InChI is InChI=1S/C18H27F3N4O2/c1-12(2)25-16(26)7-8-23-17(22-4)24-10-14-6-5-13(3)9-15(14)27-11-18(19,20)21/h5-6,9,12H,7-8,10-11H2,1-4H3,(H,25,26)(H2,22,23,24). The van der Waals surface area contributed by atoms with Gasteiger partial charge in [0.05, 0.1) is 0 Å². The summed E-state index contributed by atoms with van der Waals surface area (Å²) in [7, 11) is 1.57. The number of nitrogens with zero attached hydrogens (tertiary/aromatic N) is 1. The van der Waals surface area contributed by atoms with Crippen LogP contribution in [0.3, 0.4) is 0 Å². The normalized spacial score (nSPS) is 12.1. The minimum atomic E-state index is -4.40. The highest BCUT2D eigenvalue weighted by Crippen LogP contribution is 2.23. The van der Waals surface area contributed by atoms with Crippen LogP contribution in [-0.2, 0) is 11.3 Å². The van der Waals surface area contributed by atoms with Crippen molar-refractivity contribution in [2.45, 2.75) is 46.0 Å². The van der Waals surface area contributed by atoms with E-state index in [0.717, 1.165) is 5.56 Å². The molecule has 0 aliphatic rings. The molecule has 0 bridgehead atoms. The maximum atomic E-state index is 12.4. The number of guanidine groups is 1. The molecular weight excluding hydrogens is 361 g/mol. The predicted octanol–water partition coefficient (Wildman–Crippen LogP) is 2.52. The molecule has 0 saturated heterocycles. The second-order valence-electron chi connectivity index (χ2n) is 6.34. The minimum Gasteiger partial charge on any atom is -0.484 e. The monoisotopic (exact) mass is 388 g/mol. The topological polar surface area (TPSA) is 74.8 Å². The zero-order valence-electron chi connectivity index (χ0n) is 16.0. The zero-order chi connectivity index (χ0) is 20.4. The molecule has 0 aliphatic heterocycles. The molecule has 0 aliphatic carbocycles. The third-order valence-electron chi connectivity index (χ3n) is 3.38. The Balaban J connectivity index is 2.58. The van der Waals surface area contributed by atoms with Gasteiger partial charge in [-0.2, -0.15) is 13.2 Å². The van der Waals surface area contributed by atoms with Crippen LogP contribution in [0.2, 0.25) is 0 Å². The summed E-state index contributed by atoms with van der Waals surface area (Å²) in [6, 6.07) is 5.14. The molecule has 152 valence electrons. The largest absolute Gasteiger partial charge is 0.484 e. The Bertz CT molecular complexity index is 646. The van der Waals surface area contributed by atoms with E-state index in [1.165, 1.54) is 0 Å². The summed E-state index contributed by atoms with van der Waals surface area (Å²) in [5.74, 6) is 0.538. The second kappa shape index (κ2) is 10.6. The Morgan fingerprint density at radius 1 is 1.26 bits per heavy atom. The molecule has 0 atom stereocenters. The van der Waals surface area contributed by atoms with Gasteiger partial charge in [0.15, 0.2) is 12.6 Å². The van der Waals surface area contributed by atoms with Gasteiger partial charge in [0.25, 0.3) is 0 Å². The number of nitrogens with one attached hydrogen (secondary N) is 3. The van der Waals surface area contributed by atoms with E-state index in [1.807, 2.05) is 13.8 Å². The number of rotatable bonds is 8. The molecule has 0 saturated carbocycles. The van der Waals surface area contributed by atoms with Crippen LogP contribution in [0.15, 0.2) is 23.2 Å². The Morgan fingerprint density at radius 3 is 2.56 bits per heavy atom. The van der Waals surface area contributed by atoms with Crippen LogP contribution in [0, 0.1) is 6.92 Å². The van der Waals surface area contributed by atoms with Gasteiger partial charge in [-0.05, 0) is 32.4 Å². The molecule has 3 N–H and O–H groups in total. The summed E-state index contributed by atoms with van der Waals surface area (Å²) in [5, 5.41) is 8.77. The number of alkyl halides is 3. The first kappa shape index (κ1) is 22.6. The molecule has 1 aromatic carbocycles. The van der Waals surface area contributed by atoms with Gasteiger partial charge < -0.3 is 20.7 Å². The van der Waals surface area contributed by atoms with Crippen molar-refractivity contribution in [2.24, 2.45) is 4.99 Å². The number of benzene rings is 1. The van der Waals surface area contributed by atoms with E-state index in [0.29, 0.717) is 18.1 Å². The molecule has 27 heavy (non-hydrogen) atoms. The highest BCUT2D eigenvalue weighted by molar-refractivity contribution is 5.81. The summed E-state index contributed by atoms with van der Waals surface area (Å²) in [5.41, 5.74) is 1.37. The van der Waals surface area contributed by atoms with Crippen LogP contribution in [0.25, 0.3) is 0 Å². The fourth-order valence-corrected chi connectivity index (χ4v) is 2.19. The lowest BCUT2D eigenvalue weighted by molar-refractivity contribution is -0.153. The summed E-state index contributed by atoms with van der Waals surface area (Å²) >= 11 is 0. The van der Waals surface area contributed by atoms with Crippen LogP contribution >= 0.6 is 0 Å². The maximum absolute atomic E-state index is 12.4. The molecular formula is C18H27F3N4O2. The van der Waals surface area contributed by atoms with E-state index in [-0.39, 0.29) is 30.7 Å². The number of halogens is 3. The first-order valence-electron chi connectivity index (χ1n) is 8.63. The Hall–Kier alpha value is -2.45. The first-order chi connectivity index (χ1) is 12.6. The van der Waals surface area contributed by atoms with E-state index in [2.05, 4.69) is 20.9 Å². The van der Waals surface area contributed by atoms with Crippen LogP contribution in [0.5, 0.6) is 5.75 Å². The maximum Gasteiger partial charge on any atom is 0.422 e. The van der Waals surface area contributed by atoms with Gasteiger partial charge in [-0.15, -0.1) is 0 Å². The van der Waals surface area contributed by atoms with Crippen molar-refractivity contribution in [2.75, 3.05) is 20.2 Å². The average molecular weight is 388 g/mol. The summed E-state index contributed by atoms with van der Waals surface area (Å²) in [6.07, 6.45) is -4.12. The number of ether oxygens (including phenoxy) is 1. The number of aliphatic imine (C=N–C) groups is 1. The zero-order valence-corrected chi connectivity index (χ0v) is 16.0. The second-order valence-corrected chi connectivity index (χ2v) is 6.34. The van der Waals surface area contributed by atoms with Crippen LogP contribution in [0.1, 0.15) is 31.4 Å². The number of hydrogen-bond acceptors (Lipinski definition) is 3. The van der Waals surface area contributed by atoms with E-state index < -0.39 is 12.8 Å². The lowest BCUT2D eigenvalue weighted by Crippen LogP contribution is -2.39. The molecule has 1 aromatic rings. The average Bonchev–Trinajstić information content (AvgIpc) is 2.55. The molecule has 1 amide bonds. The van der Waals surface area contributed by atoms with Crippen molar-refractivity contribution in [3.8, 4) is 5.75 Å². The molecule has 0 heterocycles. The lowest BCUT2D eigenvalue weighted by atomic mass is 10.1. The quantitative estimate of drug-likeness (QED) is 0.473. The van der Waals surface area contributed by atoms with Crippen LogP contribution in [-0.4, -0.2) is 44.3 Å². The third-order valence-corrected chi connectivity index (χ3v) is 3.38. The van der Waals surface area contributed by atoms with Crippen molar-refractivity contribution in [1.82, 2.24) is 16.0 Å². The molecule has 0 aromatic heterocycles. The molecule has 0 radical (unpaired) electrons. The van der Waals surface area contributed by atoms with Gasteiger partial charge >= 0.3 is 6.18 Å². The van der Waals surface area contributed by atoms with Crippen molar-refractivity contribution in [3.63, 3.8) is 0 Å². The van der Waals surface area contributed by atoms with Gasteiger partial charge in [-0.1, -0.05) is 12.1 Å². The summed E-state index contributed by atoms with van der Waals surface area (Å²) < 4.78 is 42.2. The number of amides is 1.